The molecule has 0 aliphatic carbocycles. The second-order valence-corrected chi connectivity index (χ2v) is 7.18. The third-order valence-electron chi connectivity index (χ3n) is 0.637. The number of nitrogens with one attached hydrogen (secondary N) is 1. The Labute approximate surface area is 93.3 Å². The van der Waals surface area contributed by atoms with E-state index in [4.69, 9.17) is 16.3 Å². The van der Waals surface area contributed by atoms with Crippen LogP contribution in [0.3, 0.4) is 0 Å². The summed E-state index contributed by atoms with van der Waals surface area (Å²) in [6, 6.07) is 0.287. The fourth-order valence-electron chi connectivity index (χ4n) is 0.359. The molecule has 0 rings (SSSR count). The van der Waals surface area contributed by atoms with Gasteiger partial charge in [-0.05, 0) is 14.0 Å². The molecule has 0 saturated heterocycles. The van der Waals surface area contributed by atoms with Crippen molar-refractivity contribution in [3.05, 3.63) is 0 Å². The summed E-state index contributed by atoms with van der Waals surface area (Å²) in [4.78, 5) is 0. The summed E-state index contributed by atoms with van der Waals surface area (Å²) >= 11 is 0.179. The molecule has 0 aromatic rings. The van der Waals surface area contributed by atoms with Gasteiger partial charge in [0.05, 0.1) is 0 Å². The van der Waals surface area contributed by atoms with Gasteiger partial charge in [-0.15, -0.1) is 0 Å². The Balaban J connectivity index is 0. The van der Waals surface area contributed by atoms with Crippen molar-refractivity contribution >= 4 is 19.2 Å². The number of hydrogen-bond donors (Lipinski definition) is 2. The third kappa shape index (κ3) is 24.5. The molecule has 0 fully saturated rings. The first-order valence-corrected chi connectivity index (χ1v) is 8.43. The zero-order chi connectivity index (χ0) is 10.5. The SMILES string of the molecule is CNCC(C)N.N#C[S][Pd][S]C#N. The number of rotatable bonds is 4. The van der Waals surface area contributed by atoms with E-state index in [9.17, 15) is 0 Å². The molecule has 0 aliphatic heterocycles. The van der Waals surface area contributed by atoms with Crippen molar-refractivity contribution in [2.75, 3.05) is 13.6 Å². The molecule has 0 spiro atoms. The van der Waals surface area contributed by atoms with Gasteiger partial charge < -0.3 is 11.1 Å². The molecular formula is C6H12N4PdS2. The molecule has 0 radical (unpaired) electrons. The summed E-state index contributed by atoms with van der Waals surface area (Å²) in [5, 5.41) is 22.5. The van der Waals surface area contributed by atoms with Crippen molar-refractivity contribution in [2.24, 2.45) is 5.73 Å². The maximum absolute atomic E-state index is 7.90. The van der Waals surface area contributed by atoms with Crippen LogP contribution in [0.4, 0.5) is 0 Å². The summed E-state index contributed by atoms with van der Waals surface area (Å²) in [7, 11) is 4.15. The van der Waals surface area contributed by atoms with Crippen molar-refractivity contribution < 1.29 is 15.5 Å². The molecule has 0 aliphatic rings. The molecule has 0 bridgehead atoms. The Morgan fingerprint density at radius 2 is 1.92 bits per heavy atom. The van der Waals surface area contributed by atoms with Crippen molar-refractivity contribution in [3.63, 3.8) is 0 Å². The number of nitriles is 2. The van der Waals surface area contributed by atoms with Crippen LogP contribution in [-0.4, -0.2) is 19.6 Å². The van der Waals surface area contributed by atoms with Gasteiger partial charge in [0.15, 0.2) is 0 Å². The van der Waals surface area contributed by atoms with Crippen LogP contribution in [-0.2, 0) is 15.5 Å². The van der Waals surface area contributed by atoms with E-state index in [2.05, 4.69) is 5.32 Å². The number of nitrogens with two attached hydrogens (primary N) is 1. The maximum atomic E-state index is 7.90. The average molecular weight is 311 g/mol. The summed E-state index contributed by atoms with van der Waals surface area (Å²) in [5.74, 6) is 0. The third-order valence-corrected chi connectivity index (χ3v) is 4.36. The van der Waals surface area contributed by atoms with Crippen LogP contribution in [0, 0.1) is 21.3 Å². The van der Waals surface area contributed by atoms with Crippen LogP contribution in [0.15, 0.2) is 0 Å². The number of nitrogens with zero attached hydrogens (tertiary/aromatic N) is 2. The average Bonchev–Trinajstić information content (AvgIpc) is 2.06. The van der Waals surface area contributed by atoms with E-state index in [1.807, 2.05) is 24.8 Å². The van der Waals surface area contributed by atoms with Gasteiger partial charge in [-0.3, -0.25) is 0 Å². The predicted octanol–water partition coefficient (Wildman–Crippen LogP) is 0.880. The van der Waals surface area contributed by atoms with E-state index in [-0.39, 0.29) is 21.5 Å². The van der Waals surface area contributed by atoms with E-state index in [1.54, 1.807) is 0 Å². The standard InChI is InChI=1S/C4H12N2.2CHNS.Pd/c1-4(5)3-6-2;2*2-1-3;/h4,6H,3,5H2,1-2H3;2*3H;/q;;;+2/p-2. The molecule has 0 heterocycles. The second-order valence-electron chi connectivity index (χ2n) is 1.90. The fraction of sp³-hybridized carbons (Fsp3) is 0.667. The van der Waals surface area contributed by atoms with E-state index in [0.717, 1.165) is 25.7 Å². The van der Waals surface area contributed by atoms with Gasteiger partial charge in [0.2, 0.25) is 0 Å². The number of thiocyanates is 2. The Kier molecular flexibility index (Phi) is 17.9. The molecule has 0 aromatic heterocycles. The van der Waals surface area contributed by atoms with Crippen LogP contribution in [0.25, 0.3) is 0 Å². The van der Waals surface area contributed by atoms with Crippen molar-refractivity contribution in [2.45, 2.75) is 13.0 Å². The van der Waals surface area contributed by atoms with Gasteiger partial charge in [-0.25, -0.2) is 0 Å². The Hall–Kier alpha value is 0.262. The summed E-state index contributed by atoms with van der Waals surface area (Å²) < 4.78 is 0. The Morgan fingerprint density at radius 1 is 1.46 bits per heavy atom. The van der Waals surface area contributed by atoms with Crippen LogP contribution >= 0.6 is 19.2 Å². The van der Waals surface area contributed by atoms with E-state index >= 15 is 0 Å². The first-order chi connectivity index (χ1) is 6.18. The molecule has 7 heteroatoms. The predicted molar refractivity (Wildman–Crippen MR) is 54.0 cm³/mol. The van der Waals surface area contributed by atoms with Crippen LogP contribution in [0.5, 0.6) is 0 Å². The molecule has 3 N–H and O–H groups in total. The van der Waals surface area contributed by atoms with Crippen LogP contribution in [0.1, 0.15) is 6.92 Å². The molecule has 4 nitrogen and oxygen atoms in total. The summed E-state index contributed by atoms with van der Waals surface area (Å²) in [6.45, 7) is 2.87. The fourth-order valence-corrected chi connectivity index (χ4v) is 2.28. The Morgan fingerprint density at radius 3 is 2.08 bits per heavy atom. The first-order valence-electron chi connectivity index (χ1n) is 3.29. The van der Waals surface area contributed by atoms with Crippen molar-refractivity contribution in [1.29, 1.82) is 10.5 Å². The number of likely N-dealkylation sites (N-methyl/N-ethyl adjacent to an activating group) is 1. The van der Waals surface area contributed by atoms with E-state index in [0.29, 0.717) is 0 Å². The quantitative estimate of drug-likeness (QED) is 0.455. The monoisotopic (exact) mass is 310 g/mol. The minimum absolute atomic E-state index is 0.179. The molecular weight excluding hydrogens is 299 g/mol. The summed E-state index contributed by atoms with van der Waals surface area (Å²) in [5.41, 5.74) is 5.34. The number of hydrogen-bond acceptors (Lipinski definition) is 6. The summed E-state index contributed by atoms with van der Waals surface area (Å²) in [6.07, 6.45) is 0. The molecule has 0 amide bonds. The zero-order valence-corrected chi connectivity index (χ0v) is 10.6. The van der Waals surface area contributed by atoms with Gasteiger partial charge in [-0.2, -0.15) is 0 Å². The molecule has 78 valence electrons. The molecule has 1 atom stereocenters. The minimum atomic E-state index is 0.179. The van der Waals surface area contributed by atoms with Gasteiger partial charge in [0.1, 0.15) is 0 Å². The second kappa shape index (κ2) is 14.8. The molecule has 0 saturated carbocycles. The van der Waals surface area contributed by atoms with Gasteiger partial charge in [0, 0.05) is 12.6 Å². The van der Waals surface area contributed by atoms with Gasteiger partial charge in [-0.1, -0.05) is 0 Å². The molecule has 13 heavy (non-hydrogen) atoms. The van der Waals surface area contributed by atoms with E-state index in [1.165, 1.54) is 0 Å². The van der Waals surface area contributed by atoms with Crippen molar-refractivity contribution in [3.8, 4) is 10.8 Å². The van der Waals surface area contributed by atoms with Gasteiger partial charge in [0.25, 0.3) is 0 Å². The van der Waals surface area contributed by atoms with Crippen LogP contribution < -0.4 is 11.1 Å². The van der Waals surface area contributed by atoms with E-state index < -0.39 is 0 Å². The van der Waals surface area contributed by atoms with Gasteiger partial charge >= 0.3 is 56.0 Å². The Bertz CT molecular complexity index is 160. The molecule has 0 aromatic carbocycles. The zero-order valence-electron chi connectivity index (χ0n) is 7.39. The first kappa shape index (κ1) is 15.7. The topological polar surface area (TPSA) is 85.6 Å². The van der Waals surface area contributed by atoms with Crippen molar-refractivity contribution in [1.82, 2.24) is 5.32 Å². The normalized spacial score (nSPS) is 10.5. The molecule has 1 unspecified atom stereocenters. The van der Waals surface area contributed by atoms with Crippen LogP contribution in [0.2, 0.25) is 0 Å².